The van der Waals surface area contributed by atoms with Crippen LogP contribution in [0, 0.1) is 0 Å². The maximum absolute atomic E-state index is 12.8. The topological polar surface area (TPSA) is 46.9 Å². The Balaban J connectivity index is 2.06. The molecule has 3 aromatic rings. The molecule has 0 aliphatic carbocycles. The van der Waals surface area contributed by atoms with Crippen LogP contribution in [0.5, 0.6) is 0 Å². The van der Waals surface area contributed by atoms with Gasteiger partial charge < -0.3 is 0 Å². The van der Waals surface area contributed by atoms with Crippen molar-refractivity contribution >= 4 is 17.1 Å². The van der Waals surface area contributed by atoms with Crippen molar-refractivity contribution in [1.29, 1.82) is 0 Å². The normalized spacial score (nSPS) is 11.7. The molecule has 0 unspecified atom stereocenters. The van der Waals surface area contributed by atoms with Crippen molar-refractivity contribution in [2.24, 2.45) is 0 Å². The largest absolute Gasteiger partial charge is 0.271 e. The van der Waals surface area contributed by atoms with Crippen LogP contribution in [-0.4, -0.2) is 15.6 Å². The molecule has 0 aliphatic heterocycles. The van der Waals surface area contributed by atoms with Crippen molar-refractivity contribution in [3.63, 3.8) is 0 Å². The van der Waals surface area contributed by atoms with Gasteiger partial charge in [-0.25, -0.2) is 9.66 Å². The van der Waals surface area contributed by atoms with Gasteiger partial charge in [-0.3, -0.25) is 10.2 Å². The SMILES string of the molecule is CC(=C(C(=O)Nn1ccnc1)c1ccccc1)c1ccccc1. The maximum Gasteiger partial charge on any atom is 0.271 e. The fourth-order valence-corrected chi connectivity index (χ4v) is 2.45. The number of hydrogen-bond acceptors (Lipinski definition) is 2. The van der Waals surface area contributed by atoms with Crippen LogP contribution in [-0.2, 0) is 4.79 Å². The number of rotatable bonds is 4. The highest BCUT2D eigenvalue weighted by Gasteiger charge is 2.16. The van der Waals surface area contributed by atoms with E-state index in [4.69, 9.17) is 0 Å². The summed E-state index contributed by atoms with van der Waals surface area (Å²) in [4.78, 5) is 16.8. The summed E-state index contributed by atoms with van der Waals surface area (Å²) in [6.45, 7) is 1.96. The molecule has 4 nitrogen and oxygen atoms in total. The van der Waals surface area contributed by atoms with Gasteiger partial charge in [0, 0.05) is 12.4 Å². The molecule has 0 atom stereocenters. The van der Waals surface area contributed by atoms with Crippen LogP contribution < -0.4 is 5.43 Å². The zero-order chi connectivity index (χ0) is 16.1. The van der Waals surface area contributed by atoms with E-state index in [-0.39, 0.29) is 5.91 Å². The third kappa shape index (κ3) is 3.37. The van der Waals surface area contributed by atoms with Gasteiger partial charge in [0.1, 0.15) is 6.33 Å². The summed E-state index contributed by atoms with van der Waals surface area (Å²) < 4.78 is 1.55. The van der Waals surface area contributed by atoms with Gasteiger partial charge >= 0.3 is 0 Å². The van der Waals surface area contributed by atoms with Gasteiger partial charge in [0.15, 0.2) is 0 Å². The molecule has 1 aromatic heterocycles. The van der Waals surface area contributed by atoms with Gasteiger partial charge in [0.05, 0.1) is 5.57 Å². The first-order valence-electron chi connectivity index (χ1n) is 7.37. The van der Waals surface area contributed by atoms with E-state index in [0.717, 1.165) is 16.7 Å². The first kappa shape index (κ1) is 14.8. The van der Waals surface area contributed by atoms with Gasteiger partial charge in [-0.2, -0.15) is 0 Å². The summed E-state index contributed by atoms with van der Waals surface area (Å²) >= 11 is 0. The Morgan fingerprint density at radius 3 is 2.13 bits per heavy atom. The highest BCUT2D eigenvalue weighted by molar-refractivity contribution is 6.29. The smallest absolute Gasteiger partial charge is 0.267 e. The zero-order valence-corrected chi connectivity index (χ0v) is 12.8. The van der Waals surface area contributed by atoms with E-state index in [1.54, 1.807) is 23.4 Å². The lowest BCUT2D eigenvalue weighted by molar-refractivity contribution is -0.111. The molecule has 0 aliphatic rings. The summed E-state index contributed by atoms with van der Waals surface area (Å²) in [5.74, 6) is -0.171. The second-order valence-corrected chi connectivity index (χ2v) is 5.14. The Labute approximate surface area is 135 Å². The predicted octanol–water partition coefficient (Wildman–Crippen LogP) is 3.58. The summed E-state index contributed by atoms with van der Waals surface area (Å²) in [5, 5.41) is 0. The van der Waals surface area contributed by atoms with Crippen LogP contribution in [0.1, 0.15) is 18.1 Å². The monoisotopic (exact) mass is 303 g/mol. The molecule has 0 saturated carbocycles. The van der Waals surface area contributed by atoms with Crippen molar-refractivity contribution < 1.29 is 4.79 Å². The minimum Gasteiger partial charge on any atom is -0.267 e. The number of imidazole rings is 1. The first-order chi connectivity index (χ1) is 11.3. The standard InChI is InChI=1S/C19H17N3O/c1-15(16-8-4-2-5-9-16)18(17-10-6-3-7-11-17)19(23)21-22-13-12-20-14-22/h2-14H,1H3,(H,21,23). The number of nitrogens with one attached hydrogen (secondary N) is 1. The highest BCUT2D eigenvalue weighted by atomic mass is 16.2. The Kier molecular flexibility index (Phi) is 4.34. The third-order valence-electron chi connectivity index (χ3n) is 3.61. The minimum absolute atomic E-state index is 0.171. The number of carbonyl (C=O) groups is 1. The van der Waals surface area contributed by atoms with Gasteiger partial charge in [0.25, 0.3) is 5.91 Å². The van der Waals surface area contributed by atoms with Crippen LogP contribution in [0.15, 0.2) is 79.4 Å². The second kappa shape index (κ2) is 6.75. The summed E-state index contributed by atoms with van der Waals surface area (Å²) in [7, 11) is 0. The average Bonchev–Trinajstić information content (AvgIpc) is 3.10. The third-order valence-corrected chi connectivity index (χ3v) is 3.61. The number of aromatic nitrogens is 2. The van der Waals surface area contributed by atoms with Crippen LogP contribution in [0.3, 0.4) is 0 Å². The van der Waals surface area contributed by atoms with E-state index >= 15 is 0 Å². The second-order valence-electron chi connectivity index (χ2n) is 5.14. The maximum atomic E-state index is 12.8. The van der Waals surface area contributed by atoms with Crippen molar-refractivity contribution in [1.82, 2.24) is 9.66 Å². The molecule has 1 N–H and O–H groups in total. The van der Waals surface area contributed by atoms with Crippen molar-refractivity contribution in [2.75, 3.05) is 5.43 Å². The van der Waals surface area contributed by atoms with Crippen molar-refractivity contribution in [3.8, 4) is 0 Å². The number of carbonyl (C=O) groups excluding carboxylic acids is 1. The Hall–Kier alpha value is -3.14. The van der Waals surface area contributed by atoms with Crippen molar-refractivity contribution in [2.45, 2.75) is 6.92 Å². The molecule has 0 saturated heterocycles. The number of nitrogens with zero attached hydrogens (tertiary/aromatic N) is 2. The van der Waals surface area contributed by atoms with E-state index in [1.165, 1.54) is 0 Å². The lowest BCUT2D eigenvalue weighted by Crippen LogP contribution is -2.23. The quantitative estimate of drug-likeness (QED) is 0.591. The minimum atomic E-state index is -0.171. The zero-order valence-electron chi connectivity index (χ0n) is 12.8. The Morgan fingerprint density at radius 1 is 0.957 bits per heavy atom. The van der Waals surface area contributed by atoms with Gasteiger partial charge in [-0.15, -0.1) is 0 Å². The average molecular weight is 303 g/mol. The van der Waals surface area contributed by atoms with E-state index in [0.29, 0.717) is 5.57 Å². The number of amides is 1. The highest BCUT2D eigenvalue weighted by Crippen LogP contribution is 2.26. The van der Waals surface area contributed by atoms with Crippen LogP contribution in [0.2, 0.25) is 0 Å². The molecule has 4 heteroatoms. The van der Waals surface area contributed by atoms with Crippen LogP contribution in [0.4, 0.5) is 0 Å². The Morgan fingerprint density at radius 2 is 1.57 bits per heavy atom. The lowest BCUT2D eigenvalue weighted by atomic mass is 9.95. The van der Waals surface area contributed by atoms with Crippen LogP contribution >= 0.6 is 0 Å². The number of hydrogen-bond donors (Lipinski definition) is 1. The van der Waals surface area contributed by atoms with Gasteiger partial charge in [0.2, 0.25) is 0 Å². The summed E-state index contributed by atoms with van der Waals surface area (Å²) in [6.07, 6.45) is 4.87. The number of benzene rings is 2. The van der Waals surface area contributed by atoms with Gasteiger partial charge in [-0.05, 0) is 23.6 Å². The molecule has 0 spiro atoms. The van der Waals surface area contributed by atoms with E-state index in [9.17, 15) is 4.79 Å². The molecule has 1 heterocycles. The molecular formula is C19H17N3O. The van der Waals surface area contributed by atoms with Gasteiger partial charge in [-0.1, -0.05) is 60.7 Å². The molecule has 0 fully saturated rings. The van der Waals surface area contributed by atoms with E-state index in [1.807, 2.05) is 67.6 Å². The van der Waals surface area contributed by atoms with Crippen LogP contribution in [0.25, 0.3) is 11.1 Å². The van der Waals surface area contributed by atoms with E-state index < -0.39 is 0 Å². The molecule has 23 heavy (non-hydrogen) atoms. The predicted molar refractivity (Wildman–Crippen MR) is 92.0 cm³/mol. The first-order valence-corrected chi connectivity index (χ1v) is 7.37. The van der Waals surface area contributed by atoms with Crippen molar-refractivity contribution in [3.05, 3.63) is 90.5 Å². The summed E-state index contributed by atoms with van der Waals surface area (Å²) in [6, 6.07) is 19.6. The molecule has 1 amide bonds. The molecule has 2 aromatic carbocycles. The molecule has 114 valence electrons. The number of allylic oxidation sites excluding steroid dienone is 1. The molecule has 3 rings (SSSR count). The Bertz CT molecular complexity index is 806. The fourth-order valence-electron chi connectivity index (χ4n) is 2.45. The lowest BCUT2D eigenvalue weighted by Gasteiger charge is -2.14. The van der Waals surface area contributed by atoms with E-state index in [2.05, 4.69) is 10.4 Å². The fraction of sp³-hybridized carbons (Fsp3) is 0.0526. The summed E-state index contributed by atoms with van der Waals surface area (Å²) in [5.41, 5.74) is 6.30. The molecular weight excluding hydrogens is 286 g/mol. The molecule has 0 radical (unpaired) electrons. The molecule has 0 bridgehead atoms.